The number of hydrazine groups is 1. The molecule has 144 valence electrons. The van der Waals surface area contributed by atoms with Gasteiger partial charge in [0.05, 0.1) is 6.61 Å². The first-order valence-electron chi connectivity index (χ1n) is 8.50. The van der Waals surface area contributed by atoms with E-state index in [-0.39, 0.29) is 6.61 Å². The van der Waals surface area contributed by atoms with Crippen LogP contribution in [0, 0.1) is 13.8 Å². The fraction of sp³-hybridized carbons (Fsp3) is 0.300. The average Bonchev–Trinajstić information content (AvgIpc) is 2.64. The van der Waals surface area contributed by atoms with E-state index in [1.165, 1.54) is 0 Å². The van der Waals surface area contributed by atoms with Crippen molar-refractivity contribution in [3.8, 4) is 11.5 Å². The van der Waals surface area contributed by atoms with Gasteiger partial charge in [-0.1, -0.05) is 6.07 Å². The van der Waals surface area contributed by atoms with Crippen LogP contribution in [0.5, 0.6) is 11.5 Å². The molecular formula is C20H24N2O5. The van der Waals surface area contributed by atoms with Crippen molar-refractivity contribution < 1.29 is 23.8 Å². The highest BCUT2D eigenvalue weighted by Crippen LogP contribution is 2.16. The van der Waals surface area contributed by atoms with Crippen LogP contribution in [0.25, 0.3) is 0 Å². The Kier molecular flexibility index (Phi) is 7.63. The van der Waals surface area contributed by atoms with Gasteiger partial charge in [-0.3, -0.25) is 20.4 Å². The van der Waals surface area contributed by atoms with Crippen molar-refractivity contribution in [1.82, 2.24) is 10.9 Å². The second-order valence-electron chi connectivity index (χ2n) is 5.98. The number of rotatable bonds is 8. The Bertz CT molecular complexity index is 754. The highest BCUT2D eigenvalue weighted by Gasteiger charge is 2.08. The Labute approximate surface area is 158 Å². The summed E-state index contributed by atoms with van der Waals surface area (Å²) in [6.07, 6.45) is 0. The Hall–Kier alpha value is -3.06. The second-order valence-corrected chi connectivity index (χ2v) is 5.98. The standard InChI is InChI=1S/C20H24N2O5/c1-14-10-15(2)12-18(11-14)27-13-19(23)21-22-20(24)16-4-6-17(7-5-16)26-9-8-25-3/h4-7,10-12H,8-9,13H2,1-3H3,(H,21,23)(H,22,24). The van der Waals surface area contributed by atoms with E-state index >= 15 is 0 Å². The van der Waals surface area contributed by atoms with Crippen LogP contribution >= 0.6 is 0 Å². The molecular weight excluding hydrogens is 348 g/mol. The van der Waals surface area contributed by atoms with Crippen LogP contribution in [-0.4, -0.2) is 38.7 Å². The molecule has 7 heteroatoms. The number of carbonyl (C=O) groups is 2. The molecule has 0 saturated carbocycles. The van der Waals surface area contributed by atoms with Gasteiger partial charge >= 0.3 is 0 Å². The van der Waals surface area contributed by atoms with E-state index in [1.807, 2.05) is 32.0 Å². The maximum absolute atomic E-state index is 12.1. The summed E-state index contributed by atoms with van der Waals surface area (Å²) in [5.41, 5.74) is 7.17. The molecule has 2 aromatic rings. The molecule has 2 rings (SSSR count). The van der Waals surface area contributed by atoms with Gasteiger partial charge in [-0.2, -0.15) is 0 Å². The van der Waals surface area contributed by atoms with Crippen LogP contribution in [0.1, 0.15) is 21.5 Å². The zero-order valence-electron chi connectivity index (χ0n) is 15.7. The topological polar surface area (TPSA) is 85.9 Å². The largest absolute Gasteiger partial charge is 0.491 e. The summed E-state index contributed by atoms with van der Waals surface area (Å²) in [6.45, 7) is 4.62. The number of ether oxygens (including phenoxy) is 3. The number of carbonyl (C=O) groups excluding carboxylic acids is 2. The van der Waals surface area contributed by atoms with Crippen LogP contribution in [0.15, 0.2) is 42.5 Å². The Morgan fingerprint density at radius 2 is 1.52 bits per heavy atom. The van der Waals surface area contributed by atoms with Crippen molar-refractivity contribution in [2.24, 2.45) is 0 Å². The third-order valence-electron chi connectivity index (χ3n) is 3.55. The number of aryl methyl sites for hydroxylation is 2. The summed E-state index contributed by atoms with van der Waals surface area (Å²) < 4.78 is 15.8. The van der Waals surface area contributed by atoms with Gasteiger partial charge in [0.1, 0.15) is 18.1 Å². The summed E-state index contributed by atoms with van der Waals surface area (Å²) >= 11 is 0. The molecule has 0 spiro atoms. The minimum absolute atomic E-state index is 0.199. The number of nitrogens with one attached hydrogen (secondary N) is 2. The number of methoxy groups -OCH3 is 1. The average molecular weight is 372 g/mol. The van der Waals surface area contributed by atoms with E-state index in [4.69, 9.17) is 14.2 Å². The van der Waals surface area contributed by atoms with Gasteiger partial charge in [0.25, 0.3) is 11.8 Å². The molecule has 0 unspecified atom stereocenters. The first kappa shape index (κ1) is 20.3. The van der Waals surface area contributed by atoms with Crippen molar-refractivity contribution in [2.75, 3.05) is 26.9 Å². The third kappa shape index (κ3) is 6.99. The van der Waals surface area contributed by atoms with Crippen molar-refractivity contribution in [3.05, 3.63) is 59.2 Å². The molecule has 7 nitrogen and oxygen atoms in total. The molecule has 0 atom stereocenters. The molecule has 0 aliphatic rings. The predicted molar refractivity (Wildman–Crippen MR) is 101 cm³/mol. The van der Waals surface area contributed by atoms with Gasteiger partial charge < -0.3 is 14.2 Å². The van der Waals surface area contributed by atoms with E-state index < -0.39 is 11.8 Å². The van der Waals surface area contributed by atoms with Crippen LogP contribution in [0.4, 0.5) is 0 Å². The molecule has 27 heavy (non-hydrogen) atoms. The number of amides is 2. The molecule has 0 radical (unpaired) electrons. The Morgan fingerprint density at radius 3 is 2.15 bits per heavy atom. The van der Waals surface area contributed by atoms with Gasteiger partial charge in [-0.15, -0.1) is 0 Å². The lowest BCUT2D eigenvalue weighted by molar-refractivity contribution is -0.123. The van der Waals surface area contributed by atoms with Crippen LogP contribution in [-0.2, 0) is 9.53 Å². The van der Waals surface area contributed by atoms with Crippen molar-refractivity contribution >= 4 is 11.8 Å². The maximum Gasteiger partial charge on any atom is 0.276 e. The molecule has 0 aliphatic heterocycles. The minimum Gasteiger partial charge on any atom is -0.491 e. The molecule has 0 aromatic heterocycles. The molecule has 2 amide bonds. The maximum atomic E-state index is 12.1. The zero-order valence-corrected chi connectivity index (χ0v) is 15.7. The smallest absolute Gasteiger partial charge is 0.276 e. The molecule has 0 bridgehead atoms. The predicted octanol–water partition coefficient (Wildman–Crippen LogP) is 2.17. The van der Waals surface area contributed by atoms with Crippen LogP contribution < -0.4 is 20.3 Å². The van der Waals surface area contributed by atoms with E-state index in [2.05, 4.69) is 10.9 Å². The summed E-state index contributed by atoms with van der Waals surface area (Å²) in [5.74, 6) is 0.354. The minimum atomic E-state index is -0.456. The summed E-state index contributed by atoms with van der Waals surface area (Å²) in [7, 11) is 1.60. The number of hydrogen-bond acceptors (Lipinski definition) is 5. The molecule has 2 N–H and O–H groups in total. The van der Waals surface area contributed by atoms with Crippen LogP contribution in [0.3, 0.4) is 0 Å². The summed E-state index contributed by atoms with van der Waals surface area (Å²) in [4.78, 5) is 23.9. The van der Waals surface area contributed by atoms with Crippen molar-refractivity contribution in [1.29, 1.82) is 0 Å². The fourth-order valence-electron chi connectivity index (χ4n) is 2.35. The lowest BCUT2D eigenvalue weighted by Crippen LogP contribution is -2.43. The van der Waals surface area contributed by atoms with Crippen LogP contribution in [0.2, 0.25) is 0 Å². The second kappa shape index (κ2) is 10.2. The Morgan fingerprint density at radius 1 is 0.852 bits per heavy atom. The van der Waals surface area contributed by atoms with E-state index in [1.54, 1.807) is 31.4 Å². The Balaban J connectivity index is 1.76. The molecule has 2 aromatic carbocycles. The van der Waals surface area contributed by atoms with Crippen molar-refractivity contribution in [2.45, 2.75) is 13.8 Å². The van der Waals surface area contributed by atoms with E-state index in [9.17, 15) is 9.59 Å². The third-order valence-corrected chi connectivity index (χ3v) is 3.55. The van der Waals surface area contributed by atoms with Gasteiger partial charge in [-0.25, -0.2) is 0 Å². The van der Waals surface area contributed by atoms with Gasteiger partial charge in [0.15, 0.2) is 6.61 Å². The quantitative estimate of drug-likeness (QED) is 0.548. The highest BCUT2D eigenvalue weighted by molar-refractivity contribution is 5.95. The molecule has 0 heterocycles. The first-order valence-corrected chi connectivity index (χ1v) is 8.50. The van der Waals surface area contributed by atoms with Gasteiger partial charge in [0, 0.05) is 12.7 Å². The number of hydrogen-bond donors (Lipinski definition) is 2. The van der Waals surface area contributed by atoms with E-state index in [0.29, 0.717) is 30.3 Å². The zero-order chi connectivity index (χ0) is 19.6. The monoisotopic (exact) mass is 372 g/mol. The van der Waals surface area contributed by atoms with Crippen molar-refractivity contribution in [3.63, 3.8) is 0 Å². The summed E-state index contributed by atoms with van der Waals surface area (Å²) in [5, 5.41) is 0. The molecule has 0 saturated heterocycles. The molecule has 0 aliphatic carbocycles. The SMILES string of the molecule is COCCOc1ccc(C(=O)NNC(=O)COc2cc(C)cc(C)c2)cc1. The number of benzene rings is 2. The molecule has 0 fully saturated rings. The lowest BCUT2D eigenvalue weighted by Gasteiger charge is -2.10. The fourth-order valence-corrected chi connectivity index (χ4v) is 2.35. The van der Waals surface area contributed by atoms with E-state index in [0.717, 1.165) is 11.1 Å². The lowest BCUT2D eigenvalue weighted by atomic mass is 10.1. The summed E-state index contributed by atoms with van der Waals surface area (Å²) in [6, 6.07) is 12.3. The van der Waals surface area contributed by atoms with Gasteiger partial charge in [-0.05, 0) is 61.4 Å². The first-order chi connectivity index (χ1) is 13.0. The highest BCUT2D eigenvalue weighted by atomic mass is 16.5. The van der Waals surface area contributed by atoms with Gasteiger partial charge in [0.2, 0.25) is 0 Å². The normalized spacial score (nSPS) is 10.2.